The summed E-state index contributed by atoms with van der Waals surface area (Å²) in [5.41, 5.74) is 6.39. The summed E-state index contributed by atoms with van der Waals surface area (Å²) in [6.07, 6.45) is 0. The zero-order valence-corrected chi connectivity index (χ0v) is 9.86. The number of benzene rings is 2. The van der Waals surface area contributed by atoms with E-state index in [0.29, 0.717) is 5.56 Å². The molecule has 0 spiro atoms. The van der Waals surface area contributed by atoms with Gasteiger partial charge < -0.3 is 10.5 Å². The van der Waals surface area contributed by atoms with Crippen LogP contribution < -0.4 is 10.5 Å². The molecule has 1 atom stereocenters. The van der Waals surface area contributed by atoms with Gasteiger partial charge in [0, 0.05) is 17.7 Å². The van der Waals surface area contributed by atoms with E-state index in [1.165, 1.54) is 7.11 Å². The molecule has 0 aromatic heterocycles. The van der Waals surface area contributed by atoms with Gasteiger partial charge in [-0.3, -0.25) is 0 Å². The third-order valence-electron chi connectivity index (χ3n) is 2.76. The van der Waals surface area contributed by atoms with Crippen molar-refractivity contribution in [2.24, 2.45) is 5.73 Å². The summed E-state index contributed by atoms with van der Waals surface area (Å²) < 4.78 is 32.5. The van der Waals surface area contributed by atoms with E-state index in [1.54, 1.807) is 24.3 Å². The van der Waals surface area contributed by atoms with E-state index in [4.69, 9.17) is 10.5 Å². The highest BCUT2D eigenvalue weighted by Crippen LogP contribution is 2.28. The minimum atomic E-state index is -0.836. The molecule has 2 aromatic rings. The number of hydrogen-bond donors (Lipinski definition) is 1. The van der Waals surface area contributed by atoms with Gasteiger partial charge in [-0.25, -0.2) is 8.78 Å². The van der Waals surface area contributed by atoms with Crippen LogP contribution in [0.3, 0.4) is 0 Å². The first-order valence-electron chi connectivity index (χ1n) is 5.47. The maximum Gasteiger partial charge on any atom is 0.134 e. The molecule has 94 valence electrons. The summed E-state index contributed by atoms with van der Waals surface area (Å²) in [5.74, 6) is -1.28. The normalized spacial score (nSPS) is 12.2. The molecule has 2 nitrogen and oxygen atoms in total. The summed E-state index contributed by atoms with van der Waals surface area (Å²) in [7, 11) is 1.35. The van der Waals surface area contributed by atoms with E-state index in [2.05, 4.69) is 0 Å². The van der Waals surface area contributed by atoms with Crippen molar-refractivity contribution < 1.29 is 13.5 Å². The lowest BCUT2D eigenvalue weighted by Gasteiger charge is -2.15. The van der Waals surface area contributed by atoms with Crippen LogP contribution in [0.25, 0.3) is 0 Å². The zero-order chi connectivity index (χ0) is 13.1. The summed E-state index contributed by atoms with van der Waals surface area (Å²) in [4.78, 5) is 0. The first-order chi connectivity index (χ1) is 8.63. The van der Waals surface area contributed by atoms with Gasteiger partial charge in [-0.2, -0.15) is 0 Å². The van der Waals surface area contributed by atoms with Crippen molar-refractivity contribution in [3.05, 3.63) is 65.2 Å². The van der Waals surface area contributed by atoms with E-state index in [-0.39, 0.29) is 11.3 Å². The number of methoxy groups -OCH3 is 1. The van der Waals surface area contributed by atoms with Gasteiger partial charge in [-0.1, -0.05) is 30.3 Å². The Labute approximate surface area is 104 Å². The van der Waals surface area contributed by atoms with Crippen molar-refractivity contribution in [3.63, 3.8) is 0 Å². The second-order valence-corrected chi connectivity index (χ2v) is 3.89. The third-order valence-corrected chi connectivity index (χ3v) is 2.76. The van der Waals surface area contributed by atoms with Crippen molar-refractivity contribution in [3.8, 4) is 5.75 Å². The summed E-state index contributed by atoms with van der Waals surface area (Å²) in [6.45, 7) is 0. The van der Waals surface area contributed by atoms with E-state index >= 15 is 0 Å². The van der Waals surface area contributed by atoms with E-state index in [1.807, 2.05) is 6.07 Å². The minimum Gasteiger partial charge on any atom is -0.497 e. The molecule has 0 saturated carbocycles. The highest BCUT2D eigenvalue weighted by Gasteiger charge is 2.19. The van der Waals surface area contributed by atoms with Gasteiger partial charge in [-0.05, 0) is 5.56 Å². The Kier molecular flexibility index (Phi) is 3.58. The molecule has 2 rings (SSSR count). The molecular formula is C14H13F2NO. The Bertz CT molecular complexity index is 520. The smallest absolute Gasteiger partial charge is 0.134 e. The SMILES string of the molecule is COc1cc(F)c(C(N)c2ccccc2)c(F)c1. The molecule has 4 heteroatoms. The first kappa shape index (κ1) is 12.5. The van der Waals surface area contributed by atoms with Crippen molar-refractivity contribution in [1.29, 1.82) is 0 Å². The highest BCUT2D eigenvalue weighted by molar-refractivity contribution is 5.37. The first-order valence-corrected chi connectivity index (χ1v) is 5.47. The topological polar surface area (TPSA) is 35.2 Å². The predicted octanol–water partition coefficient (Wildman–Crippen LogP) is 3.02. The number of ether oxygens (including phenoxy) is 1. The molecule has 2 aromatic carbocycles. The molecule has 0 aliphatic rings. The van der Waals surface area contributed by atoms with Crippen LogP contribution >= 0.6 is 0 Å². The largest absolute Gasteiger partial charge is 0.497 e. The summed E-state index contributed by atoms with van der Waals surface area (Å²) >= 11 is 0. The van der Waals surface area contributed by atoms with E-state index in [0.717, 1.165) is 12.1 Å². The zero-order valence-electron chi connectivity index (χ0n) is 9.86. The number of nitrogens with two attached hydrogens (primary N) is 1. The van der Waals surface area contributed by atoms with Crippen molar-refractivity contribution in [2.75, 3.05) is 7.11 Å². The third kappa shape index (κ3) is 2.33. The molecule has 0 aliphatic heterocycles. The van der Waals surface area contributed by atoms with Gasteiger partial charge in [-0.15, -0.1) is 0 Å². The van der Waals surface area contributed by atoms with Gasteiger partial charge in [0.2, 0.25) is 0 Å². The van der Waals surface area contributed by atoms with Crippen LogP contribution in [0.4, 0.5) is 8.78 Å². The Morgan fingerprint density at radius 3 is 2.11 bits per heavy atom. The average Bonchev–Trinajstić information content (AvgIpc) is 2.38. The number of hydrogen-bond acceptors (Lipinski definition) is 2. The molecule has 0 bridgehead atoms. The molecule has 18 heavy (non-hydrogen) atoms. The van der Waals surface area contributed by atoms with E-state index < -0.39 is 17.7 Å². The van der Waals surface area contributed by atoms with Crippen LogP contribution in [0.2, 0.25) is 0 Å². The second kappa shape index (κ2) is 5.14. The number of halogens is 2. The second-order valence-electron chi connectivity index (χ2n) is 3.89. The maximum atomic E-state index is 13.8. The lowest BCUT2D eigenvalue weighted by Crippen LogP contribution is -2.15. The van der Waals surface area contributed by atoms with Crippen LogP contribution in [0.5, 0.6) is 5.75 Å². The van der Waals surface area contributed by atoms with Crippen LogP contribution in [0, 0.1) is 11.6 Å². The van der Waals surface area contributed by atoms with Gasteiger partial charge in [0.15, 0.2) is 0 Å². The summed E-state index contributed by atoms with van der Waals surface area (Å²) in [5, 5.41) is 0. The standard InChI is InChI=1S/C14H13F2NO/c1-18-10-7-11(15)13(12(16)8-10)14(17)9-5-3-2-4-6-9/h2-8,14H,17H2,1H3. The molecule has 0 aliphatic carbocycles. The fourth-order valence-electron chi connectivity index (χ4n) is 1.80. The molecular weight excluding hydrogens is 236 g/mol. The van der Waals surface area contributed by atoms with E-state index in [9.17, 15) is 8.78 Å². The predicted molar refractivity (Wildman–Crippen MR) is 65.4 cm³/mol. The average molecular weight is 249 g/mol. The quantitative estimate of drug-likeness (QED) is 0.907. The van der Waals surface area contributed by atoms with Crippen molar-refractivity contribution >= 4 is 0 Å². The van der Waals surface area contributed by atoms with Gasteiger partial charge >= 0.3 is 0 Å². The molecule has 0 heterocycles. The minimum absolute atomic E-state index is 0.133. The Hall–Kier alpha value is -1.94. The Morgan fingerprint density at radius 2 is 1.61 bits per heavy atom. The van der Waals surface area contributed by atoms with Crippen LogP contribution in [0.1, 0.15) is 17.2 Å². The fraction of sp³-hybridized carbons (Fsp3) is 0.143. The molecule has 0 radical (unpaired) electrons. The van der Waals surface area contributed by atoms with Crippen molar-refractivity contribution in [2.45, 2.75) is 6.04 Å². The lowest BCUT2D eigenvalue weighted by atomic mass is 9.98. The monoisotopic (exact) mass is 249 g/mol. The molecule has 0 saturated heterocycles. The van der Waals surface area contributed by atoms with Gasteiger partial charge in [0.1, 0.15) is 17.4 Å². The fourth-order valence-corrected chi connectivity index (χ4v) is 1.80. The summed E-state index contributed by atoms with van der Waals surface area (Å²) in [6, 6.07) is 10.2. The van der Waals surface area contributed by atoms with Crippen molar-refractivity contribution in [1.82, 2.24) is 0 Å². The Morgan fingerprint density at radius 1 is 1.06 bits per heavy atom. The van der Waals surface area contributed by atoms with Crippen LogP contribution in [-0.4, -0.2) is 7.11 Å². The van der Waals surface area contributed by atoms with Crippen LogP contribution in [-0.2, 0) is 0 Å². The molecule has 2 N–H and O–H groups in total. The number of rotatable bonds is 3. The highest BCUT2D eigenvalue weighted by atomic mass is 19.1. The maximum absolute atomic E-state index is 13.8. The molecule has 0 fully saturated rings. The Balaban J connectivity index is 2.45. The van der Waals surface area contributed by atoms with Gasteiger partial charge in [0.05, 0.1) is 13.2 Å². The molecule has 0 amide bonds. The van der Waals surface area contributed by atoms with Gasteiger partial charge in [0.25, 0.3) is 0 Å². The van der Waals surface area contributed by atoms with Crippen LogP contribution in [0.15, 0.2) is 42.5 Å². The lowest BCUT2D eigenvalue weighted by molar-refractivity contribution is 0.404. The molecule has 1 unspecified atom stereocenters.